The maximum Gasteiger partial charge on any atom is 0.335 e. The number of carboxylic acids is 1. The van der Waals surface area contributed by atoms with Gasteiger partial charge in [-0.25, -0.2) is 4.79 Å². The molecule has 9 heteroatoms. The van der Waals surface area contributed by atoms with Crippen LogP contribution in [0.3, 0.4) is 0 Å². The molecule has 0 aliphatic carbocycles. The van der Waals surface area contributed by atoms with Gasteiger partial charge in [-0.15, -0.1) is 0 Å². The lowest BCUT2D eigenvalue weighted by atomic mass is 10.0. The second-order valence-corrected chi connectivity index (χ2v) is 8.71. The first-order valence-electron chi connectivity index (χ1n) is 11.4. The number of pyridine rings is 1. The summed E-state index contributed by atoms with van der Waals surface area (Å²) in [5, 5.41) is 16.0. The number of thiocarbonyl (C=S) groups is 1. The number of carboxylic acid groups (broad SMARTS) is 1. The molecule has 1 amide bonds. The summed E-state index contributed by atoms with van der Waals surface area (Å²) in [6.07, 6.45) is 3.63. The molecule has 8 nitrogen and oxygen atoms in total. The largest absolute Gasteiger partial charge is 0.478 e. The van der Waals surface area contributed by atoms with Crippen LogP contribution in [0.15, 0.2) is 97.3 Å². The summed E-state index contributed by atoms with van der Waals surface area (Å²) in [7, 11) is 0. The van der Waals surface area contributed by atoms with Crippen molar-refractivity contribution in [2.45, 2.75) is 12.1 Å². The average Bonchev–Trinajstić information content (AvgIpc) is 3.50. The smallest absolute Gasteiger partial charge is 0.335 e. The molecular formula is C27H23N5O3S. The highest BCUT2D eigenvalue weighted by Crippen LogP contribution is 2.39. The van der Waals surface area contributed by atoms with E-state index in [4.69, 9.17) is 12.2 Å². The van der Waals surface area contributed by atoms with E-state index in [1.54, 1.807) is 30.5 Å². The third-order valence-electron chi connectivity index (χ3n) is 6.05. The van der Waals surface area contributed by atoms with Crippen LogP contribution in [0.25, 0.3) is 5.69 Å². The number of aromatic nitrogens is 2. The first kappa shape index (κ1) is 23.3. The van der Waals surface area contributed by atoms with Gasteiger partial charge < -0.3 is 25.2 Å². The predicted molar refractivity (Wildman–Crippen MR) is 140 cm³/mol. The maximum atomic E-state index is 13.0. The zero-order valence-corrected chi connectivity index (χ0v) is 19.9. The molecule has 1 saturated heterocycles. The molecule has 5 rings (SSSR count). The van der Waals surface area contributed by atoms with Crippen molar-refractivity contribution in [1.82, 2.24) is 19.8 Å². The lowest BCUT2D eigenvalue weighted by Crippen LogP contribution is -2.37. The molecular weight excluding hydrogens is 474 g/mol. The van der Waals surface area contributed by atoms with Gasteiger partial charge in [0.1, 0.15) is 6.54 Å². The minimum absolute atomic E-state index is 0.0395. The Morgan fingerprint density at radius 3 is 2.42 bits per heavy atom. The molecule has 1 fully saturated rings. The molecule has 1 aliphatic rings. The van der Waals surface area contributed by atoms with Gasteiger partial charge >= 0.3 is 5.97 Å². The van der Waals surface area contributed by atoms with Crippen molar-refractivity contribution in [3.63, 3.8) is 0 Å². The van der Waals surface area contributed by atoms with E-state index in [9.17, 15) is 14.7 Å². The number of carbonyl (C=O) groups excluding carboxylic acids is 1. The van der Waals surface area contributed by atoms with Crippen LogP contribution in [0.2, 0.25) is 0 Å². The summed E-state index contributed by atoms with van der Waals surface area (Å²) in [5.74, 6) is -1.17. The van der Waals surface area contributed by atoms with E-state index in [0.29, 0.717) is 10.8 Å². The molecule has 36 heavy (non-hydrogen) atoms. The van der Waals surface area contributed by atoms with Crippen LogP contribution in [0, 0.1) is 0 Å². The second-order valence-electron chi connectivity index (χ2n) is 8.32. The number of hydrogen-bond acceptors (Lipinski definition) is 4. The van der Waals surface area contributed by atoms with Gasteiger partial charge in [-0.05, 0) is 72.9 Å². The number of aromatic carboxylic acids is 1. The Morgan fingerprint density at radius 2 is 1.72 bits per heavy atom. The number of rotatable bonds is 7. The van der Waals surface area contributed by atoms with Gasteiger partial charge in [-0.2, -0.15) is 0 Å². The van der Waals surface area contributed by atoms with E-state index >= 15 is 0 Å². The fourth-order valence-electron chi connectivity index (χ4n) is 4.41. The first-order chi connectivity index (χ1) is 17.5. The molecule has 2 atom stereocenters. The molecule has 0 spiro atoms. The van der Waals surface area contributed by atoms with Crippen LogP contribution < -0.4 is 10.6 Å². The summed E-state index contributed by atoms with van der Waals surface area (Å²) in [4.78, 5) is 30.7. The average molecular weight is 498 g/mol. The number of para-hydroxylation sites is 1. The van der Waals surface area contributed by atoms with Crippen LogP contribution in [0.4, 0.5) is 5.69 Å². The number of amides is 1. The molecule has 1 aliphatic heterocycles. The van der Waals surface area contributed by atoms with Crippen molar-refractivity contribution in [2.24, 2.45) is 0 Å². The summed E-state index contributed by atoms with van der Waals surface area (Å²) in [6, 6.07) is 24.9. The minimum atomic E-state index is -0.981. The van der Waals surface area contributed by atoms with Gasteiger partial charge in [0.15, 0.2) is 5.11 Å². The van der Waals surface area contributed by atoms with Crippen molar-refractivity contribution in [1.29, 1.82) is 0 Å². The fourth-order valence-corrected chi connectivity index (χ4v) is 4.71. The van der Waals surface area contributed by atoms with Crippen LogP contribution in [0.5, 0.6) is 0 Å². The zero-order valence-electron chi connectivity index (χ0n) is 19.1. The molecule has 2 aromatic heterocycles. The number of nitrogens with one attached hydrogen (secondary N) is 2. The molecule has 3 heterocycles. The van der Waals surface area contributed by atoms with Crippen molar-refractivity contribution in [3.05, 3.63) is 114 Å². The Morgan fingerprint density at radius 1 is 0.972 bits per heavy atom. The van der Waals surface area contributed by atoms with Crippen molar-refractivity contribution in [2.75, 3.05) is 11.9 Å². The molecule has 0 bridgehead atoms. The molecule has 0 radical (unpaired) electrons. The van der Waals surface area contributed by atoms with Crippen LogP contribution in [0.1, 0.15) is 33.8 Å². The van der Waals surface area contributed by atoms with Crippen LogP contribution >= 0.6 is 12.2 Å². The van der Waals surface area contributed by atoms with Crippen LogP contribution in [-0.4, -0.2) is 43.1 Å². The molecule has 3 N–H and O–H groups in total. The Kier molecular flexibility index (Phi) is 6.46. The Bertz CT molecular complexity index is 1390. The van der Waals surface area contributed by atoms with E-state index < -0.39 is 5.97 Å². The fraction of sp³-hybridized carbons (Fsp3) is 0.111. The highest BCUT2D eigenvalue weighted by molar-refractivity contribution is 7.80. The van der Waals surface area contributed by atoms with Gasteiger partial charge in [-0.3, -0.25) is 9.78 Å². The minimum Gasteiger partial charge on any atom is -0.478 e. The third-order valence-corrected chi connectivity index (χ3v) is 6.40. The lowest BCUT2D eigenvalue weighted by molar-refractivity contribution is -0.116. The Labute approximate surface area is 213 Å². The third kappa shape index (κ3) is 4.69. The van der Waals surface area contributed by atoms with Crippen molar-refractivity contribution >= 4 is 34.9 Å². The second kappa shape index (κ2) is 10.0. The van der Waals surface area contributed by atoms with Gasteiger partial charge in [0.05, 0.1) is 23.3 Å². The number of hydrogen-bond donors (Lipinski definition) is 3. The standard InChI is InChI=1S/C27H23N5O3S/c33-23(29-19-7-2-1-3-8-19)17-32-25(24(30-27(32)36)21-9-4-5-15-28-21)22-10-6-16-31(22)20-13-11-18(12-14-20)26(34)35/h1-16,24-25H,17H2,(H,29,33)(H,30,36)(H,34,35). The molecule has 0 saturated carbocycles. The molecule has 180 valence electrons. The van der Waals surface area contributed by atoms with Gasteiger partial charge in [0.25, 0.3) is 0 Å². The first-order valence-corrected chi connectivity index (χ1v) is 11.8. The number of anilines is 1. The van der Waals surface area contributed by atoms with E-state index in [2.05, 4.69) is 15.6 Å². The normalized spacial score (nSPS) is 17.0. The molecule has 2 unspecified atom stereocenters. The summed E-state index contributed by atoms with van der Waals surface area (Å²) in [6.45, 7) is 0.0395. The molecule has 4 aromatic rings. The SMILES string of the molecule is O=C(CN1C(=S)NC(c2ccccn2)C1c1cccn1-c1ccc(C(=O)O)cc1)Nc1ccccc1. The van der Waals surface area contributed by atoms with E-state index in [1.165, 1.54) is 0 Å². The number of benzene rings is 2. The summed E-state index contributed by atoms with van der Waals surface area (Å²) in [5.41, 5.74) is 3.40. The summed E-state index contributed by atoms with van der Waals surface area (Å²) >= 11 is 5.69. The topological polar surface area (TPSA) is 99.5 Å². The monoisotopic (exact) mass is 497 g/mol. The quantitative estimate of drug-likeness (QED) is 0.330. The number of nitrogens with zero attached hydrogens (tertiary/aromatic N) is 3. The maximum absolute atomic E-state index is 13.0. The number of carbonyl (C=O) groups is 2. The van der Waals surface area contributed by atoms with Gasteiger partial charge in [0.2, 0.25) is 5.91 Å². The van der Waals surface area contributed by atoms with E-state index in [1.807, 2.05) is 76.3 Å². The molecule has 2 aromatic carbocycles. The van der Waals surface area contributed by atoms with E-state index in [-0.39, 0.29) is 30.1 Å². The highest BCUT2D eigenvalue weighted by atomic mass is 32.1. The van der Waals surface area contributed by atoms with Gasteiger partial charge in [0, 0.05) is 29.5 Å². The van der Waals surface area contributed by atoms with Crippen LogP contribution in [-0.2, 0) is 4.79 Å². The predicted octanol–water partition coefficient (Wildman–Crippen LogP) is 4.18. The highest BCUT2D eigenvalue weighted by Gasteiger charge is 2.42. The zero-order chi connectivity index (χ0) is 25.1. The lowest BCUT2D eigenvalue weighted by Gasteiger charge is -2.28. The Hall–Kier alpha value is -4.50. The van der Waals surface area contributed by atoms with Crippen molar-refractivity contribution < 1.29 is 14.7 Å². The Balaban J connectivity index is 1.51. The van der Waals surface area contributed by atoms with Crippen molar-refractivity contribution in [3.8, 4) is 5.69 Å². The van der Waals surface area contributed by atoms with E-state index in [0.717, 1.165) is 17.1 Å². The van der Waals surface area contributed by atoms with Gasteiger partial charge in [-0.1, -0.05) is 24.3 Å². The summed E-state index contributed by atoms with van der Waals surface area (Å²) < 4.78 is 1.98.